The van der Waals surface area contributed by atoms with E-state index in [0.717, 1.165) is 0 Å². The maximum absolute atomic E-state index is 10.7. The number of ketones is 1. The lowest BCUT2D eigenvalue weighted by Crippen LogP contribution is -2.31. The van der Waals surface area contributed by atoms with Gasteiger partial charge in [-0.3, -0.25) is 10.1 Å². The fourth-order valence-electron chi connectivity index (χ4n) is 1.13. The van der Waals surface area contributed by atoms with Crippen LogP contribution in [0.5, 0.6) is 0 Å². The van der Waals surface area contributed by atoms with E-state index in [4.69, 9.17) is 4.74 Å². The summed E-state index contributed by atoms with van der Waals surface area (Å²) in [6.45, 7) is 5.61. The average Bonchev–Trinajstić information content (AvgIpc) is 2.43. The Morgan fingerprint density at radius 1 is 1.73 bits per heavy atom. The van der Waals surface area contributed by atoms with E-state index in [0.29, 0.717) is 12.5 Å². The molecule has 0 saturated carbocycles. The zero-order chi connectivity index (χ0) is 8.43. The minimum Gasteiger partial charge on any atom is -0.354 e. The van der Waals surface area contributed by atoms with Crippen molar-refractivity contribution >= 4 is 5.78 Å². The highest BCUT2D eigenvalue weighted by molar-refractivity contribution is 5.76. The van der Waals surface area contributed by atoms with Gasteiger partial charge in [0, 0.05) is 12.5 Å². The Kier molecular flexibility index (Phi) is 2.62. The fourth-order valence-corrected chi connectivity index (χ4v) is 1.13. The minimum atomic E-state index is 0.185. The van der Waals surface area contributed by atoms with Gasteiger partial charge in [0.05, 0.1) is 6.10 Å². The molecule has 0 aromatic heterocycles. The lowest BCUT2D eigenvalue weighted by atomic mass is 10.2. The Hall–Kier alpha value is -0.410. The molecule has 3 unspecified atom stereocenters. The molecule has 0 spiro atoms. The van der Waals surface area contributed by atoms with Gasteiger partial charge in [0.25, 0.3) is 0 Å². The number of rotatable bonds is 4. The van der Waals surface area contributed by atoms with Gasteiger partial charge in [-0.25, -0.2) is 0 Å². The second-order valence-corrected chi connectivity index (χ2v) is 3.24. The van der Waals surface area contributed by atoms with Crippen molar-refractivity contribution in [2.24, 2.45) is 0 Å². The molecule has 1 rings (SSSR count). The smallest absolute Gasteiger partial charge is 0.135 e. The normalized spacial score (nSPS) is 31.5. The third-order valence-corrected chi connectivity index (χ3v) is 1.75. The Morgan fingerprint density at radius 3 is 2.64 bits per heavy atom. The lowest BCUT2D eigenvalue weighted by Gasteiger charge is -2.08. The van der Waals surface area contributed by atoms with Crippen molar-refractivity contribution in [3.8, 4) is 0 Å². The van der Waals surface area contributed by atoms with Crippen molar-refractivity contribution in [3.05, 3.63) is 0 Å². The van der Waals surface area contributed by atoms with Gasteiger partial charge in [-0.15, -0.1) is 0 Å². The summed E-state index contributed by atoms with van der Waals surface area (Å²) in [4.78, 5) is 10.7. The van der Waals surface area contributed by atoms with Crippen molar-refractivity contribution in [1.29, 1.82) is 0 Å². The summed E-state index contributed by atoms with van der Waals surface area (Å²) in [7, 11) is 0. The molecule has 11 heavy (non-hydrogen) atoms. The number of ether oxygens (including phenoxy) is 1. The van der Waals surface area contributed by atoms with Gasteiger partial charge in [0.1, 0.15) is 12.0 Å². The first-order valence-electron chi connectivity index (χ1n) is 4.00. The molecule has 3 nitrogen and oxygen atoms in total. The number of Topliss-reactive ketones (excluding diaryl/α,β-unsaturated/α-hetero) is 1. The molecule has 1 heterocycles. The Bertz CT molecular complexity index is 158. The van der Waals surface area contributed by atoms with Gasteiger partial charge in [-0.1, -0.05) is 0 Å². The lowest BCUT2D eigenvalue weighted by molar-refractivity contribution is -0.117. The SMILES string of the molecule is CC(=O)CC(C)NC1OC1C. The van der Waals surface area contributed by atoms with Crippen molar-refractivity contribution < 1.29 is 9.53 Å². The second kappa shape index (κ2) is 3.32. The third kappa shape index (κ3) is 2.99. The van der Waals surface area contributed by atoms with Gasteiger partial charge < -0.3 is 4.74 Å². The van der Waals surface area contributed by atoms with Gasteiger partial charge >= 0.3 is 0 Å². The Labute approximate surface area is 67.1 Å². The van der Waals surface area contributed by atoms with Crippen LogP contribution < -0.4 is 5.32 Å². The van der Waals surface area contributed by atoms with Crippen LogP contribution in [0.3, 0.4) is 0 Å². The summed E-state index contributed by atoms with van der Waals surface area (Å²) in [5.41, 5.74) is 0. The monoisotopic (exact) mass is 157 g/mol. The summed E-state index contributed by atoms with van der Waals surface area (Å²) in [6, 6.07) is 0.238. The maximum atomic E-state index is 10.7. The van der Waals surface area contributed by atoms with Crippen LogP contribution in [0.4, 0.5) is 0 Å². The van der Waals surface area contributed by atoms with Crippen LogP contribution in [0.1, 0.15) is 27.2 Å². The van der Waals surface area contributed by atoms with Crippen LogP contribution in [0.25, 0.3) is 0 Å². The number of carbonyl (C=O) groups excluding carboxylic acids is 1. The van der Waals surface area contributed by atoms with E-state index in [1.54, 1.807) is 6.92 Å². The first-order chi connectivity index (χ1) is 5.09. The largest absolute Gasteiger partial charge is 0.354 e. The molecule has 0 amide bonds. The molecule has 64 valence electrons. The highest BCUT2D eigenvalue weighted by Gasteiger charge is 2.34. The molecule has 0 radical (unpaired) electrons. The van der Waals surface area contributed by atoms with Crippen LogP contribution in [0.15, 0.2) is 0 Å². The van der Waals surface area contributed by atoms with E-state index in [9.17, 15) is 4.79 Å². The second-order valence-electron chi connectivity index (χ2n) is 3.24. The van der Waals surface area contributed by atoms with Crippen LogP contribution in [-0.4, -0.2) is 24.2 Å². The van der Waals surface area contributed by atoms with Crippen molar-refractivity contribution in [2.45, 2.75) is 45.6 Å². The van der Waals surface area contributed by atoms with E-state index < -0.39 is 0 Å². The molecule has 0 aromatic rings. The molecule has 0 aromatic carbocycles. The van der Waals surface area contributed by atoms with E-state index >= 15 is 0 Å². The molecule has 0 aliphatic carbocycles. The number of hydrogen-bond acceptors (Lipinski definition) is 3. The molecule has 1 aliphatic heterocycles. The molecule has 0 bridgehead atoms. The molecule has 3 atom stereocenters. The predicted octanol–water partition coefficient (Wildman–Crippen LogP) is 0.688. The molecule has 3 heteroatoms. The molecular formula is C8H15NO2. The van der Waals surface area contributed by atoms with Crippen LogP contribution >= 0.6 is 0 Å². The highest BCUT2D eigenvalue weighted by Crippen LogP contribution is 2.18. The predicted molar refractivity (Wildman–Crippen MR) is 42.2 cm³/mol. The molecular weight excluding hydrogens is 142 g/mol. The summed E-state index contributed by atoms with van der Waals surface area (Å²) in [5, 5.41) is 3.19. The fraction of sp³-hybridized carbons (Fsp3) is 0.875. The van der Waals surface area contributed by atoms with Gasteiger partial charge in [0.15, 0.2) is 0 Å². The summed E-state index contributed by atoms with van der Waals surface area (Å²) < 4.78 is 5.15. The summed E-state index contributed by atoms with van der Waals surface area (Å²) in [6.07, 6.45) is 1.10. The van der Waals surface area contributed by atoms with Crippen molar-refractivity contribution in [2.75, 3.05) is 0 Å². The third-order valence-electron chi connectivity index (χ3n) is 1.75. The molecule has 1 N–H and O–H groups in total. The first kappa shape index (κ1) is 8.68. The quantitative estimate of drug-likeness (QED) is 0.610. The Morgan fingerprint density at radius 2 is 2.27 bits per heavy atom. The van der Waals surface area contributed by atoms with Crippen LogP contribution in [-0.2, 0) is 9.53 Å². The van der Waals surface area contributed by atoms with E-state index in [-0.39, 0.29) is 18.1 Å². The van der Waals surface area contributed by atoms with Crippen molar-refractivity contribution in [3.63, 3.8) is 0 Å². The minimum absolute atomic E-state index is 0.185. The van der Waals surface area contributed by atoms with Gasteiger partial charge in [-0.2, -0.15) is 0 Å². The topological polar surface area (TPSA) is 41.6 Å². The maximum Gasteiger partial charge on any atom is 0.135 e. The Balaban J connectivity index is 2.11. The number of carbonyl (C=O) groups is 1. The molecule has 1 saturated heterocycles. The number of epoxide rings is 1. The standard InChI is InChI=1S/C8H15NO2/c1-5(4-6(2)10)9-8-7(3)11-8/h5,7-9H,4H2,1-3H3. The highest BCUT2D eigenvalue weighted by atomic mass is 16.6. The first-order valence-corrected chi connectivity index (χ1v) is 4.00. The molecule has 1 aliphatic rings. The van der Waals surface area contributed by atoms with Crippen LogP contribution in [0.2, 0.25) is 0 Å². The zero-order valence-electron chi connectivity index (χ0n) is 7.26. The van der Waals surface area contributed by atoms with Gasteiger partial charge in [0.2, 0.25) is 0 Å². The van der Waals surface area contributed by atoms with Crippen molar-refractivity contribution in [1.82, 2.24) is 5.32 Å². The van der Waals surface area contributed by atoms with E-state index in [1.165, 1.54) is 0 Å². The van der Waals surface area contributed by atoms with Gasteiger partial charge in [-0.05, 0) is 20.8 Å². The summed E-state index contributed by atoms with van der Waals surface area (Å²) >= 11 is 0. The number of nitrogens with one attached hydrogen (secondary N) is 1. The van der Waals surface area contributed by atoms with E-state index in [1.807, 2.05) is 13.8 Å². The number of hydrogen-bond donors (Lipinski definition) is 1. The molecule has 1 fully saturated rings. The van der Waals surface area contributed by atoms with Crippen LogP contribution in [0, 0.1) is 0 Å². The zero-order valence-corrected chi connectivity index (χ0v) is 7.26. The van der Waals surface area contributed by atoms with E-state index in [2.05, 4.69) is 5.32 Å². The summed E-state index contributed by atoms with van der Waals surface area (Å²) in [5.74, 6) is 0.221. The average molecular weight is 157 g/mol.